The maximum absolute atomic E-state index is 5.57. The zero-order valence-electron chi connectivity index (χ0n) is 9.04. The molecule has 0 amide bonds. The lowest BCUT2D eigenvalue weighted by molar-refractivity contribution is 0.108. The van der Waals surface area contributed by atoms with Gasteiger partial charge in [0, 0.05) is 0 Å². The molecule has 1 unspecified atom stereocenters. The van der Waals surface area contributed by atoms with Crippen LogP contribution in [0.1, 0.15) is 26.2 Å². The maximum Gasteiger partial charge on any atom is 0.0644 e. The maximum atomic E-state index is 5.57. The Hall–Kier alpha value is -0.560. The molecule has 0 radical (unpaired) electrons. The monoisotopic (exact) mass is 192 g/mol. The molecular weight excluding hydrogens is 172 g/mol. The summed E-state index contributed by atoms with van der Waals surface area (Å²) in [5, 5.41) is 0. The first-order chi connectivity index (χ1) is 6.85. The van der Waals surface area contributed by atoms with Gasteiger partial charge in [-0.05, 0) is 43.9 Å². The second-order valence-corrected chi connectivity index (χ2v) is 4.60. The van der Waals surface area contributed by atoms with Gasteiger partial charge in [0.15, 0.2) is 0 Å². The first-order valence-electron chi connectivity index (χ1n) is 5.68. The predicted octanol–water partition coefficient (Wildman–Crippen LogP) is 3.18. The highest BCUT2D eigenvalue weighted by atomic mass is 16.5. The van der Waals surface area contributed by atoms with E-state index in [4.69, 9.17) is 4.74 Å². The summed E-state index contributed by atoms with van der Waals surface area (Å²) in [5.41, 5.74) is 1.69. The molecule has 0 spiro atoms. The molecule has 2 fully saturated rings. The molecule has 0 saturated heterocycles. The van der Waals surface area contributed by atoms with Crippen molar-refractivity contribution < 1.29 is 4.74 Å². The zero-order chi connectivity index (χ0) is 9.97. The molecule has 0 aromatic carbocycles. The Kier molecular flexibility index (Phi) is 3.07. The minimum Gasteiger partial charge on any atom is -0.377 e. The largest absolute Gasteiger partial charge is 0.377 e. The van der Waals surface area contributed by atoms with Crippen molar-refractivity contribution in [3.8, 4) is 0 Å². The molecule has 0 aromatic rings. The Morgan fingerprint density at radius 1 is 1.50 bits per heavy atom. The van der Waals surface area contributed by atoms with Gasteiger partial charge in [-0.2, -0.15) is 0 Å². The summed E-state index contributed by atoms with van der Waals surface area (Å²) in [4.78, 5) is 0. The van der Waals surface area contributed by atoms with Crippen LogP contribution in [-0.4, -0.2) is 13.2 Å². The smallest absolute Gasteiger partial charge is 0.0644 e. The van der Waals surface area contributed by atoms with Gasteiger partial charge in [0.1, 0.15) is 0 Å². The van der Waals surface area contributed by atoms with E-state index >= 15 is 0 Å². The summed E-state index contributed by atoms with van der Waals surface area (Å²) >= 11 is 0. The lowest BCUT2D eigenvalue weighted by Gasteiger charge is -2.23. The first kappa shape index (κ1) is 9.97. The van der Waals surface area contributed by atoms with Gasteiger partial charge in [0.05, 0.1) is 13.2 Å². The van der Waals surface area contributed by atoms with E-state index in [1.165, 1.54) is 19.3 Å². The van der Waals surface area contributed by atoms with E-state index in [1.54, 1.807) is 5.57 Å². The third kappa shape index (κ3) is 1.78. The van der Waals surface area contributed by atoms with Crippen LogP contribution in [0.15, 0.2) is 24.3 Å². The fraction of sp³-hybridized carbons (Fsp3) is 0.692. The molecule has 2 aliphatic rings. The van der Waals surface area contributed by atoms with Crippen molar-refractivity contribution in [2.24, 2.45) is 17.8 Å². The Balaban J connectivity index is 1.87. The summed E-state index contributed by atoms with van der Waals surface area (Å²) in [6, 6.07) is 0. The Morgan fingerprint density at radius 2 is 2.36 bits per heavy atom. The van der Waals surface area contributed by atoms with Crippen LogP contribution in [0.3, 0.4) is 0 Å². The van der Waals surface area contributed by atoms with Gasteiger partial charge in [-0.25, -0.2) is 0 Å². The zero-order valence-corrected chi connectivity index (χ0v) is 9.04. The minimum absolute atomic E-state index is 0.707. The third-order valence-corrected chi connectivity index (χ3v) is 3.73. The molecule has 2 aliphatic carbocycles. The second kappa shape index (κ2) is 4.31. The number of hydrogen-bond donors (Lipinski definition) is 0. The Morgan fingerprint density at radius 3 is 3.00 bits per heavy atom. The molecule has 3 atom stereocenters. The molecule has 1 heteroatoms. The van der Waals surface area contributed by atoms with Gasteiger partial charge in [-0.1, -0.05) is 17.7 Å². The van der Waals surface area contributed by atoms with Crippen LogP contribution in [0, 0.1) is 17.8 Å². The lowest BCUT2D eigenvalue weighted by atomic mass is 9.85. The summed E-state index contributed by atoms with van der Waals surface area (Å²) in [5.74, 6) is 2.60. The summed E-state index contributed by atoms with van der Waals surface area (Å²) in [7, 11) is 0. The van der Waals surface area contributed by atoms with Crippen LogP contribution < -0.4 is 0 Å². The molecule has 2 rings (SSSR count). The number of ether oxygens (including phenoxy) is 1. The van der Waals surface area contributed by atoms with E-state index in [0.717, 1.165) is 24.4 Å². The third-order valence-electron chi connectivity index (χ3n) is 3.73. The molecule has 2 bridgehead atoms. The SMILES string of the molecule is C=CCOCC1C[C@@H]2CC(=CC)[C@H]1C2. The average Bonchev–Trinajstić information content (AvgIpc) is 2.76. The molecule has 0 aliphatic heterocycles. The van der Waals surface area contributed by atoms with E-state index in [0.29, 0.717) is 6.61 Å². The van der Waals surface area contributed by atoms with Crippen LogP contribution in [0.2, 0.25) is 0 Å². The van der Waals surface area contributed by atoms with Crippen molar-refractivity contribution in [3.05, 3.63) is 24.3 Å². The summed E-state index contributed by atoms with van der Waals surface area (Å²) < 4.78 is 5.57. The van der Waals surface area contributed by atoms with Gasteiger partial charge in [0.2, 0.25) is 0 Å². The van der Waals surface area contributed by atoms with Gasteiger partial charge in [-0.3, -0.25) is 0 Å². The Bertz CT molecular complexity index is 242. The number of rotatable bonds is 4. The number of hydrogen-bond acceptors (Lipinski definition) is 1. The van der Waals surface area contributed by atoms with Crippen LogP contribution in [0.25, 0.3) is 0 Å². The molecular formula is C13H20O. The minimum atomic E-state index is 0.707. The van der Waals surface area contributed by atoms with Gasteiger partial charge < -0.3 is 4.74 Å². The summed E-state index contributed by atoms with van der Waals surface area (Å²) in [6.07, 6.45) is 8.33. The molecule has 0 N–H and O–H groups in total. The number of fused-ring (bicyclic) bond motifs is 2. The molecule has 2 saturated carbocycles. The summed E-state index contributed by atoms with van der Waals surface area (Å²) in [6.45, 7) is 7.49. The molecule has 1 nitrogen and oxygen atoms in total. The van der Waals surface area contributed by atoms with Gasteiger partial charge >= 0.3 is 0 Å². The lowest BCUT2D eigenvalue weighted by Crippen LogP contribution is -2.18. The molecule has 0 heterocycles. The van der Waals surface area contributed by atoms with Gasteiger partial charge in [0.25, 0.3) is 0 Å². The van der Waals surface area contributed by atoms with Crippen molar-refractivity contribution in [2.45, 2.75) is 26.2 Å². The normalized spacial score (nSPS) is 38.1. The van der Waals surface area contributed by atoms with E-state index in [-0.39, 0.29) is 0 Å². The topological polar surface area (TPSA) is 9.23 Å². The van der Waals surface area contributed by atoms with E-state index < -0.39 is 0 Å². The van der Waals surface area contributed by atoms with Crippen LogP contribution in [-0.2, 0) is 4.74 Å². The molecule has 78 valence electrons. The van der Waals surface area contributed by atoms with Crippen molar-refractivity contribution in [1.29, 1.82) is 0 Å². The van der Waals surface area contributed by atoms with Crippen LogP contribution in [0.4, 0.5) is 0 Å². The standard InChI is InChI=1S/C13H20O/c1-3-5-14-9-12-7-10-6-11(4-2)13(12)8-10/h3-4,10,12-13H,1,5-9H2,2H3/t10-,12?,13+/m0/s1. The highest BCUT2D eigenvalue weighted by Gasteiger charge is 2.42. The quantitative estimate of drug-likeness (QED) is 0.491. The highest BCUT2D eigenvalue weighted by molar-refractivity contribution is 5.18. The molecule has 14 heavy (non-hydrogen) atoms. The van der Waals surface area contributed by atoms with Crippen LogP contribution in [0.5, 0.6) is 0 Å². The first-order valence-corrected chi connectivity index (χ1v) is 5.68. The van der Waals surface area contributed by atoms with Crippen molar-refractivity contribution in [2.75, 3.05) is 13.2 Å². The van der Waals surface area contributed by atoms with E-state index in [2.05, 4.69) is 19.6 Å². The number of allylic oxidation sites excluding steroid dienone is 2. The fourth-order valence-corrected chi connectivity index (χ4v) is 3.16. The Labute approximate surface area is 86.8 Å². The van der Waals surface area contributed by atoms with Crippen molar-refractivity contribution in [3.63, 3.8) is 0 Å². The predicted molar refractivity (Wildman–Crippen MR) is 59.1 cm³/mol. The van der Waals surface area contributed by atoms with Crippen molar-refractivity contribution in [1.82, 2.24) is 0 Å². The highest BCUT2D eigenvalue weighted by Crippen LogP contribution is 2.51. The van der Waals surface area contributed by atoms with E-state index in [9.17, 15) is 0 Å². The average molecular weight is 192 g/mol. The second-order valence-electron chi connectivity index (χ2n) is 4.60. The van der Waals surface area contributed by atoms with Crippen LogP contribution >= 0.6 is 0 Å². The molecule has 0 aromatic heterocycles. The van der Waals surface area contributed by atoms with Gasteiger partial charge in [-0.15, -0.1) is 6.58 Å². The van der Waals surface area contributed by atoms with E-state index in [1.807, 2.05) is 6.08 Å². The van der Waals surface area contributed by atoms with Crippen molar-refractivity contribution >= 4 is 0 Å². The fourth-order valence-electron chi connectivity index (χ4n) is 3.16.